The van der Waals surface area contributed by atoms with Crippen LogP contribution in [-0.2, 0) is 32.1 Å². The molecule has 2 nitrogen and oxygen atoms in total. The van der Waals surface area contributed by atoms with Crippen molar-refractivity contribution in [2.45, 2.75) is 136 Å². The summed E-state index contributed by atoms with van der Waals surface area (Å²) in [6.45, 7) is 4.54. The Labute approximate surface area is 354 Å². The van der Waals surface area contributed by atoms with Crippen LogP contribution in [0.5, 0.6) is 11.5 Å². The first kappa shape index (κ1) is 40.7. The first-order chi connectivity index (χ1) is 29.0. The normalized spacial score (nSPS) is 12.4. The summed E-state index contributed by atoms with van der Waals surface area (Å²) in [6, 6.07) is 40.0. The Kier molecular flexibility index (Phi) is 13.3. The predicted octanol–water partition coefficient (Wildman–Crippen LogP) is 15.8. The number of aryl methyl sites for hydroxylation is 2. The number of benzene rings is 6. The maximum absolute atomic E-state index is 12.2. The van der Waals surface area contributed by atoms with Crippen molar-refractivity contribution in [3.63, 3.8) is 0 Å². The molecule has 0 saturated heterocycles. The maximum atomic E-state index is 12.2. The molecular weight excluding hydrogens is 717 g/mol. The lowest BCUT2D eigenvalue weighted by atomic mass is 9.87. The lowest BCUT2D eigenvalue weighted by Crippen LogP contribution is -2.00. The largest absolute Gasteiger partial charge is 0.507 e. The predicted molar refractivity (Wildman–Crippen MR) is 250 cm³/mol. The Morgan fingerprint density at radius 2 is 0.729 bits per heavy atom. The highest BCUT2D eigenvalue weighted by molar-refractivity contribution is 5.87. The molecule has 0 saturated carbocycles. The van der Waals surface area contributed by atoms with Gasteiger partial charge >= 0.3 is 0 Å². The molecule has 59 heavy (non-hydrogen) atoms. The van der Waals surface area contributed by atoms with E-state index in [0.29, 0.717) is 17.9 Å². The van der Waals surface area contributed by atoms with Crippen molar-refractivity contribution >= 4 is 0 Å². The molecule has 0 bridgehead atoms. The summed E-state index contributed by atoms with van der Waals surface area (Å²) >= 11 is 0. The van der Waals surface area contributed by atoms with Gasteiger partial charge in [0.05, 0.1) is 0 Å². The number of hydrogen-bond acceptors (Lipinski definition) is 2. The van der Waals surface area contributed by atoms with Crippen molar-refractivity contribution < 1.29 is 10.2 Å². The number of phenols is 2. The standard InChI is InChI=1S/C57H64O2/c1-3-5-7-9-11-13-15-25-42-33-44(50-29-21-31-52-48-27-19-17-23-40(48)38-54(50)52)35-46(56(42)58)37-47-36-45(34-43(57(47)59)26-16-14-12-10-8-6-4-2)51-30-22-32-53-49-28-20-18-24-41(49)39-55(51)53/h17-24,27-36,58-59H,3-16,25-26,37-39H2,1-2H3. The van der Waals surface area contributed by atoms with Crippen LogP contribution < -0.4 is 0 Å². The van der Waals surface area contributed by atoms with Crippen LogP contribution >= 0.6 is 0 Å². The number of rotatable bonds is 20. The maximum Gasteiger partial charge on any atom is 0.122 e. The van der Waals surface area contributed by atoms with E-state index < -0.39 is 0 Å². The molecule has 6 aromatic carbocycles. The monoisotopic (exact) mass is 780 g/mol. The summed E-state index contributed by atoms with van der Waals surface area (Å²) in [5.74, 6) is 0.787. The topological polar surface area (TPSA) is 40.5 Å². The Balaban J connectivity index is 1.16. The van der Waals surface area contributed by atoms with E-state index in [2.05, 4.69) is 123 Å². The number of aromatic hydroxyl groups is 2. The molecule has 2 aliphatic rings. The van der Waals surface area contributed by atoms with Gasteiger partial charge in [-0.3, -0.25) is 0 Å². The number of unbranched alkanes of at least 4 members (excludes halogenated alkanes) is 12. The highest BCUT2D eigenvalue weighted by atomic mass is 16.3. The molecule has 0 aliphatic heterocycles. The van der Waals surface area contributed by atoms with E-state index in [4.69, 9.17) is 0 Å². The van der Waals surface area contributed by atoms with E-state index in [1.54, 1.807) is 0 Å². The Hall–Kier alpha value is -5.08. The second-order valence-corrected chi connectivity index (χ2v) is 17.5. The van der Waals surface area contributed by atoms with Crippen molar-refractivity contribution in [2.24, 2.45) is 0 Å². The van der Waals surface area contributed by atoms with Crippen LogP contribution in [0.15, 0.2) is 109 Å². The Morgan fingerprint density at radius 1 is 0.373 bits per heavy atom. The van der Waals surface area contributed by atoms with Gasteiger partial charge in [-0.25, -0.2) is 0 Å². The van der Waals surface area contributed by atoms with Crippen LogP contribution in [-0.4, -0.2) is 10.2 Å². The first-order valence-corrected chi connectivity index (χ1v) is 23.1. The third-order valence-corrected chi connectivity index (χ3v) is 13.3. The van der Waals surface area contributed by atoms with Gasteiger partial charge in [0, 0.05) is 6.42 Å². The fourth-order valence-corrected chi connectivity index (χ4v) is 10.1. The lowest BCUT2D eigenvalue weighted by Gasteiger charge is -2.19. The number of phenolic OH excluding ortho intramolecular Hbond substituents is 2. The lowest BCUT2D eigenvalue weighted by molar-refractivity contribution is 0.453. The third kappa shape index (κ3) is 9.08. The van der Waals surface area contributed by atoms with Crippen LogP contribution in [0.1, 0.15) is 148 Å². The molecule has 2 N–H and O–H groups in total. The quantitative estimate of drug-likeness (QED) is 0.0756. The van der Waals surface area contributed by atoms with E-state index >= 15 is 0 Å². The zero-order chi connectivity index (χ0) is 40.6. The van der Waals surface area contributed by atoms with Gasteiger partial charge in [0.15, 0.2) is 0 Å². The molecule has 8 rings (SSSR count). The van der Waals surface area contributed by atoms with Crippen molar-refractivity contribution in [2.75, 3.05) is 0 Å². The number of hydrogen-bond donors (Lipinski definition) is 2. The second-order valence-electron chi connectivity index (χ2n) is 17.5. The van der Waals surface area contributed by atoms with Crippen LogP contribution in [0.4, 0.5) is 0 Å². The van der Waals surface area contributed by atoms with E-state index in [1.165, 1.54) is 133 Å². The average molecular weight is 781 g/mol. The molecule has 0 radical (unpaired) electrons. The van der Waals surface area contributed by atoms with E-state index in [0.717, 1.165) is 71.9 Å². The van der Waals surface area contributed by atoms with Gasteiger partial charge in [-0.1, -0.05) is 176 Å². The minimum Gasteiger partial charge on any atom is -0.507 e. The van der Waals surface area contributed by atoms with Crippen LogP contribution in [0.25, 0.3) is 44.5 Å². The zero-order valence-corrected chi connectivity index (χ0v) is 35.7. The first-order valence-electron chi connectivity index (χ1n) is 23.1. The molecule has 0 atom stereocenters. The molecule has 0 amide bonds. The van der Waals surface area contributed by atoms with Gasteiger partial charge in [0.1, 0.15) is 11.5 Å². The van der Waals surface area contributed by atoms with Gasteiger partial charge in [0.25, 0.3) is 0 Å². The summed E-state index contributed by atoms with van der Waals surface area (Å²) in [4.78, 5) is 0. The molecule has 304 valence electrons. The van der Waals surface area contributed by atoms with Crippen molar-refractivity contribution in [3.05, 3.63) is 154 Å². The van der Waals surface area contributed by atoms with Gasteiger partial charge in [-0.05, 0) is 152 Å². The summed E-state index contributed by atoms with van der Waals surface area (Å²) in [6.07, 6.45) is 21.3. The summed E-state index contributed by atoms with van der Waals surface area (Å²) < 4.78 is 0. The van der Waals surface area contributed by atoms with Crippen molar-refractivity contribution in [1.82, 2.24) is 0 Å². The van der Waals surface area contributed by atoms with Gasteiger partial charge < -0.3 is 10.2 Å². The smallest absolute Gasteiger partial charge is 0.122 e. The molecule has 2 aliphatic carbocycles. The Morgan fingerprint density at radius 3 is 1.17 bits per heavy atom. The van der Waals surface area contributed by atoms with Gasteiger partial charge in [0.2, 0.25) is 0 Å². The van der Waals surface area contributed by atoms with E-state index in [1.807, 2.05) is 0 Å². The van der Waals surface area contributed by atoms with Crippen molar-refractivity contribution in [1.29, 1.82) is 0 Å². The molecule has 0 aromatic heterocycles. The molecule has 0 heterocycles. The van der Waals surface area contributed by atoms with Gasteiger partial charge in [-0.2, -0.15) is 0 Å². The Bertz CT molecular complexity index is 2210. The highest BCUT2D eigenvalue weighted by Crippen LogP contribution is 2.45. The molecule has 0 unspecified atom stereocenters. The number of fused-ring (bicyclic) bond motifs is 6. The fourth-order valence-electron chi connectivity index (χ4n) is 10.1. The highest BCUT2D eigenvalue weighted by Gasteiger charge is 2.25. The summed E-state index contributed by atoms with van der Waals surface area (Å²) in [5, 5.41) is 24.4. The van der Waals surface area contributed by atoms with E-state index in [9.17, 15) is 10.2 Å². The fraction of sp³-hybridized carbons (Fsp3) is 0.368. The molecule has 6 aromatic rings. The van der Waals surface area contributed by atoms with Crippen molar-refractivity contribution in [3.8, 4) is 56.0 Å². The van der Waals surface area contributed by atoms with E-state index in [-0.39, 0.29) is 0 Å². The zero-order valence-electron chi connectivity index (χ0n) is 35.7. The van der Waals surface area contributed by atoms with Gasteiger partial charge in [-0.15, -0.1) is 0 Å². The van der Waals surface area contributed by atoms with Crippen LogP contribution in [0, 0.1) is 0 Å². The molecule has 2 heteroatoms. The van der Waals surface area contributed by atoms with Crippen LogP contribution in [0.2, 0.25) is 0 Å². The minimum atomic E-state index is 0.394. The molecule has 0 fully saturated rings. The van der Waals surface area contributed by atoms with Crippen LogP contribution in [0.3, 0.4) is 0 Å². The average Bonchev–Trinajstić information content (AvgIpc) is 3.84. The second kappa shape index (κ2) is 19.3. The summed E-state index contributed by atoms with van der Waals surface area (Å²) in [5.41, 5.74) is 19.5. The minimum absolute atomic E-state index is 0.394. The SMILES string of the molecule is CCCCCCCCCc1cc(-c2cccc3c2Cc2ccccc2-3)cc(Cc2cc(-c3cccc4c3Cc3ccccc3-4)cc(CCCCCCCCC)c2O)c1O. The summed E-state index contributed by atoms with van der Waals surface area (Å²) in [7, 11) is 0. The molecule has 0 spiro atoms. The molecular formula is C57H64O2. The third-order valence-electron chi connectivity index (χ3n) is 13.3.